The SMILES string of the molecule is O=C1/C(=C/c2cn(Cc3ccccc3F)c3ccc(Br)cc23)SC(=S)N1C[C@H]1CCCO1. The lowest BCUT2D eigenvalue weighted by molar-refractivity contribution is -0.123. The fourth-order valence-corrected chi connectivity index (χ4v) is 5.77. The van der Waals surface area contributed by atoms with Gasteiger partial charge in [-0.15, -0.1) is 0 Å². The van der Waals surface area contributed by atoms with Crippen LogP contribution in [-0.4, -0.2) is 39.0 Å². The van der Waals surface area contributed by atoms with Crippen LogP contribution < -0.4 is 0 Å². The van der Waals surface area contributed by atoms with Crippen molar-refractivity contribution in [2.45, 2.75) is 25.5 Å². The predicted octanol–water partition coefficient (Wildman–Crippen LogP) is 5.97. The molecular weight excluding hydrogens is 511 g/mol. The second-order valence-corrected chi connectivity index (χ2v) is 10.5. The number of fused-ring (bicyclic) bond motifs is 1. The minimum atomic E-state index is -0.233. The lowest BCUT2D eigenvalue weighted by atomic mass is 10.1. The van der Waals surface area contributed by atoms with Crippen LogP contribution in [0.4, 0.5) is 4.39 Å². The maximum Gasteiger partial charge on any atom is 0.266 e. The molecule has 3 heterocycles. The second-order valence-electron chi connectivity index (χ2n) is 7.89. The van der Waals surface area contributed by atoms with E-state index in [9.17, 15) is 9.18 Å². The van der Waals surface area contributed by atoms with E-state index in [1.54, 1.807) is 17.0 Å². The lowest BCUT2D eigenvalue weighted by Crippen LogP contribution is -2.35. The molecule has 2 aromatic carbocycles. The average Bonchev–Trinajstić information content (AvgIpc) is 3.46. The van der Waals surface area contributed by atoms with Gasteiger partial charge in [-0.05, 0) is 43.2 Å². The van der Waals surface area contributed by atoms with E-state index in [1.165, 1.54) is 17.8 Å². The van der Waals surface area contributed by atoms with Gasteiger partial charge in [-0.3, -0.25) is 9.69 Å². The first-order valence-electron chi connectivity index (χ1n) is 10.4. The maximum atomic E-state index is 14.3. The normalized spacial score (nSPS) is 20.2. The molecule has 3 aromatic rings. The number of carbonyl (C=O) groups is 1. The highest BCUT2D eigenvalue weighted by Gasteiger charge is 2.34. The topological polar surface area (TPSA) is 34.5 Å². The fraction of sp³-hybridized carbons (Fsp3) is 0.250. The van der Waals surface area contributed by atoms with Crippen LogP contribution in [0, 0.1) is 5.82 Å². The molecule has 0 radical (unpaired) electrons. The summed E-state index contributed by atoms with van der Waals surface area (Å²) < 4.78 is 23.5. The first-order valence-corrected chi connectivity index (χ1v) is 12.4. The predicted molar refractivity (Wildman–Crippen MR) is 134 cm³/mol. The molecule has 0 spiro atoms. The Morgan fingerprint density at radius 2 is 2.12 bits per heavy atom. The molecular formula is C24H20BrFN2O2S2. The van der Waals surface area contributed by atoms with Crippen molar-refractivity contribution in [3.63, 3.8) is 0 Å². The van der Waals surface area contributed by atoms with Crippen molar-refractivity contribution < 1.29 is 13.9 Å². The summed E-state index contributed by atoms with van der Waals surface area (Å²) in [7, 11) is 0. The Balaban J connectivity index is 1.49. The van der Waals surface area contributed by atoms with Gasteiger partial charge >= 0.3 is 0 Å². The number of rotatable bonds is 5. The Bertz CT molecular complexity index is 1250. The van der Waals surface area contributed by atoms with Gasteiger partial charge in [0.15, 0.2) is 0 Å². The molecule has 0 saturated carbocycles. The van der Waals surface area contributed by atoms with Gasteiger partial charge in [0.2, 0.25) is 0 Å². The van der Waals surface area contributed by atoms with E-state index in [-0.39, 0.29) is 17.8 Å². The molecule has 5 rings (SSSR count). The molecule has 2 aliphatic heterocycles. The van der Waals surface area contributed by atoms with E-state index in [0.29, 0.717) is 27.9 Å². The number of aromatic nitrogens is 1. The molecule has 2 fully saturated rings. The highest BCUT2D eigenvalue weighted by molar-refractivity contribution is 9.10. The first kappa shape index (κ1) is 21.8. The van der Waals surface area contributed by atoms with E-state index in [1.807, 2.05) is 41.1 Å². The highest BCUT2D eigenvalue weighted by Crippen LogP contribution is 2.36. The summed E-state index contributed by atoms with van der Waals surface area (Å²) in [5, 5.41) is 0.986. The van der Waals surface area contributed by atoms with Gasteiger partial charge in [0, 0.05) is 39.3 Å². The Kier molecular flexibility index (Phi) is 6.20. The number of carbonyl (C=O) groups excluding carboxylic acids is 1. The van der Waals surface area contributed by atoms with Crippen molar-refractivity contribution in [3.8, 4) is 0 Å². The Morgan fingerprint density at radius 1 is 1.28 bits per heavy atom. The molecule has 1 aromatic heterocycles. The van der Waals surface area contributed by atoms with E-state index >= 15 is 0 Å². The zero-order chi connectivity index (χ0) is 22.2. The van der Waals surface area contributed by atoms with Crippen molar-refractivity contribution in [1.82, 2.24) is 9.47 Å². The monoisotopic (exact) mass is 530 g/mol. The summed E-state index contributed by atoms with van der Waals surface area (Å²) in [6, 6.07) is 12.8. The zero-order valence-corrected chi connectivity index (χ0v) is 20.3. The van der Waals surface area contributed by atoms with Crippen molar-refractivity contribution in [2.75, 3.05) is 13.2 Å². The van der Waals surface area contributed by atoms with Crippen molar-refractivity contribution >= 4 is 67.1 Å². The minimum Gasteiger partial charge on any atom is -0.376 e. The third-order valence-electron chi connectivity index (χ3n) is 5.74. The van der Waals surface area contributed by atoms with Crippen LogP contribution in [0.2, 0.25) is 0 Å². The second kappa shape index (κ2) is 9.09. The number of ether oxygens (including phenoxy) is 1. The van der Waals surface area contributed by atoms with Crippen LogP contribution in [0.5, 0.6) is 0 Å². The molecule has 4 nitrogen and oxygen atoms in total. The summed E-state index contributed by atoms with van der Waals surface area (Å²) in [5.74, 6) is -0.316. The number of benzene rings is 2. The van der Waals surface area contributed by atoms with Crippen molar-refractivity contribution in [1.29, 1.82) is 0 Å². The molecule has 32 heavy (non-hydrogen) atoms. The number of hydrogen-bond acceptors (Lipinski definition) is 4. The molecule has 0 aliphatic carbocycles. The summed E-state index contributed by atoms with van der Waals surface area (Å²) >= 11 is 10.3. The smallest absolute Gasteiger partial charge is 0.266 e. The van der Waals surface area contributed by atoms with Crippen LogP contribution in [-0.2, 0) is 16.1 Å². The first-order chi connectivity index (χ1) is 15.5. The quantitative estimate of drug-likeness (QED) is 0.300. The van der Waals surface area contributed by atoms with Gasteiger partial charge in [-0.2, -0.15) is 0 Å². The highest BCUT2D eigenvalue weighted by atomic mass is 79.9. The van der Waals surface area contributed by atoms with Crippen molar-refractivity contribution in [2.24, 2.45) is 0 Å². The van der Waals surface area contributed by atoms with Gasteiger partial charge in [0.25, 0.3) is 5.91 Å². The van der Waals surface area contributed by atoms with Crippen molar-refractivity contribution in [3.05, 3.63) is 75.0 Å². The summed E-state index contributed by atoms with van der Waals surface area (Å²) in [5.41, 5.74) is 2.48. The Labute approximate surface area is 203 Å². The van der Waals surface area contributed by atoms with Crippen LogP contribution in [0.3, 0.4) is 0 Å². The van der Waals surface area contributed by atoms with Crippen LogP contribution in [0.25, 0.3) is 17.0 Å². The Hall–Kier alpha value is -2.00. The number of thioether (sulfide) groups is 1. The van der Waals surface area contributed by atoms with Crippen LogP contribution >= 0.6 is 39.9 Å². The molecule has 0 bridgehead atoms. The molecule has 8 heteroatoms. The standard InChI is InChI=1S/C24H20BrFN2O2S2/c25-17-7-8-21-19(11-17)16(13-27(21)12-15-4-1-2-6-20(15)26)10-22-23(29)28(24(31)32-22)14-18-5-3-9-30-18/h1-2,4,6-8,10-11,13,18H,3,5,9,12,14H2/b22-10-/t18-/m1/s1. The Morgan fingerprint density at radius 3 is 2.91 bits per heavy atom. The number of halogens is 2. The largest absolute Gasteiger partial charge is 0.376 e. The van der Waals surface area contributed by atoms with E-state index < -0.39 is 0 Å². The average molecular weight is 531 g/mol. The lowest BCUT2D eigenvalue weighted by Gasteiger charge is -2.18. The van der Waals surface area contributed by atoms with Gasteiger partial charge in [0.1, 0.15) is 10.1 Å². The number of nitrogens with zero attached hydrogens (tertiary/aromatic N) is 2. The summed E-state index contributed by atoms with van der Waals surface area (Å²) in [6.45, 7) is 1.65. The van der Waals surface area contributed by atoms with E-state index in [2.05, 4.69) is 15.9 Å². The van der Waals surface area contributed by atoms with Gasteiger partial charge < -0.3 is 9.30 Å². The zero-order valence-electron chi connectivity index (χ0n) is 17.1. The molecule has 2 aliphatic rings. The van der Waals surface area contributed by atoms with Gasteiger partial charge in [-0.1, -0.05) is 58.1 Å². The van der Waals surface area contributed by atoms with E-state index in [0.717, 1.165) is 40.4 Å². The summed E-state index contributed by atoms with van der Waals surface area (Å²) in [6.07, 6.45) is 5.88. The van der Waals surface area contributed by atoms with Crippen LogP contribution in [0.15, 0.2) is 58.0 Å². The molecule has 2 saturated heterocycles. The van der Waals surface area contributed by atoms with E-state index in [4.69, 9.17) is 17.0 Å². The molecule has 1 atom stereocenters. The maximum absolute atomic E-state index is 14.3. The number of amides is 1. The number of hydrogen-bond donors (Lipinski definition) is 0. The number of thiocarbonyl (C=S) groups is 1. The molecule has 0 unspecified atom stereocenters. The third-order valence-corrected chi connectivity index (χ3v) is 7.61. The minimum absolute atomic E-state index is 0.0514. The van der Waals surface area contributed by atoms with Crippen LogP contribution in [0.1, 0.15) is 24.0 Å². The molecule has 1 amide bonds. The summed E-state index contributed by atoms with van der Waals surface area (Å²) in [4.78, 5) is 15.3. The molecule has 164 valence electrons. The third kappa shape index (κ3) is 4.29. The fourth-order valence-electron chi connectivity index (χ4n) is 4.14. The van der Waals surface area contributed by atoms with Gasteiger partial charge in [0.05, 0.1) is 24.1 Å². The van der Waals surface area contributed by atoms with Gasteiger partial charge in [-0.25, -0.2) is 4.39 Å². The molecule has 0 N–H and O–H groups in total.